The summed E-state index contributed by atoms with van der Waals surface area (Å²) in [6.45, 7) is 4.89. The number of nitrogens with one attached hydrogen (secondary N) is 1. The first kappa shape index (κ1) is 19.6. The molecule has 0 radical (unpaired) electrons. The fourth-order valence-electron chi connectivity index (χ4n) is 3.77. The Kier molecular flexibility index (Phi) is 5.92. The van der Waals surface area contributed by atoms with Gasteiger partial charge in [-0.2, -0.15) is 5.10 Å². The van der Waals surface area contributed by atoms with E-state index in [4.69, 9.17) is 11.6 Å². The van der Waals surface area contributed by atoms with Crippen molar-refractivity contribution in [3.63, 3.8) is 0 Å². The highest BCUT2D eigenvalue weighted by atomic mass is 35.5. The topological polar surface area (TPSA) is 63.1 Å². The average molecular weight is 410 g/mol. The number of amides is 1. The molecule has 1 fully saturated rings. The Bertz CT molecular complexity index is 974. The molecule has 7 heteroatoms. The molecule has 1 aliphatic heterocycles. The normalized spacial score (nSPS) is 19.8. The summed E-state index contributed by atoms with van der Waals surface area (Å²) in [5.74, 6) is 0.258. The van der Waals surface area contributed by atoms with Crippen LogP contribution in [-0.4, -0.2) is 44.7 Å². The number of carbonyl (C=O) groups excluding carboxylic acids is 1. The minimum absolute atomic E-state index is 0.0988. The fraction of sp³-hybridized carbons (Fsp3) is 0.318. The van der Waals surface area contributed by atoms with Crippen molar-refractivity contribution >= 4 is 17.5 Å². The lowest BCUT2D eigenvalue weighted by Crippen LogP contribution is -2.49. The van der Waals surface area contributed by atoms with Gasteiger partial charge in [0.2, 0.25) is 0 Å². The Morgan fingerprint density at radius 2 is 2.07 bits per heavy atom. The van der Waals surface area contributed by atoms with Gasteiger partial charge in [-0.1, -0.05) is 36.7 Å². The van der Waals surface area contributed by atoms with Crippen molar-refractivity contribution in [2.45, 2.75) is 25.9 Å². The van der Waals surface area contributed by atoms with Crippen LogP contribution in [0.4, 0.5) is 0 Å². The van der Waals surface area contributed by atoms with Crippen molar-refractivity contribution in [3.05, 3.63) is 77.3 Å². The van der Waals surface area contributed by atoms with Crippen molar-refractivity contribution < 1.29 is 4.79 Å². The van der Waals surface area contributed by atoms with Crippen molar-refractivity contribution in [2.24, 2.45) is 5.92 Å². The van der Waals surface area contributed by atoms with Crippen molar-refractivity contribution in [3.8, 4) is 5.69 Å². The maximum atomic E-state index is 12.7. The number of halogens is 1. The van der Waals surface area contributed by atoms with Gasteiger partial charge in [-0.15, -0.1) is 0 Å². The number of rotatable bonds is 5. The summed E-state index contributed by atoms with van der Waals surface area (Å²) in [5, 5.41) is 8.07. The molecule has 0 bridgehead atoms. The van der Waals surface area contributed by atoms with Gasteiger partial charge in [-0.05, 0) is 36.6 Å². The first-order chi connectivity index (χ1) is 14.1. The third-order valence-electron chi connectivity index (χ3n) is 5.36. The molecule has 29 heavy (non-hydrogen) atoms. The third kappa shape index (κ3) is 4.66. The van der Waals surface area contributed by atoms with Gasteiger partial charge in [0.05, 0.1) is 28.2 Å². The number of carbonyl (C=O) groups is 1. The molecular formula is C22H24ClN5O. The zero-order valence-corrected chi connectivity index (χ0v) is 17.1. The van der Waals surface area contributed by atoms with Crippen molar-refractivity contribution in [1.82, 2.24) is 25.0 Å². The van der Waals surface area contributed by atoms with Gasteiger partial charge in [-0.25, -0.2) is 4.68 Å². The van der Waals surface area contributed by atoms with Crippen LogP contribution in [0.1, 0.15) is 29.4 Å². The Hall–Kier alpha value is -2.70. The summed E-state index contributed by atoms with van der Waals surface area (Å²) >= 11 is 6.22. The third-order valence-corrected chi connectivity index (χ3v) is 5.68. The zero-order valence-electron chi connectivity index (χ0n) is 16.3. The molecule has 4 rings (SSSR count). The number of likely N-dealkylation sites (tertiary alicyclic amines) is 1. The molecule has 2 aromatic heterocycles. The largest absolute Gasteiger partial charge is 0.349 e. The molecule has 2 unspecified atom stereocenters. The van der Waals surface area contributed by atoms with E-state index in [0.29, 0.717) is 16.5 Å². The highest BCUT2D eigenvalue weighted by Gasteiger charge is 2.28. The SMILES string of the molecule is CC1CN(Cc2ccccn2)CCC1NC(=O)c1cnn(-c2ccccc2Cl)c1. The van der Waals surface area contributed by atoms with E-state index in [1.54, 1.807) is 23.1 Å². The van der Waals surface area contributed by atoms with Crippen LogP contribution in [0.15, 0.2) is 61.1 Å². The molecule has 1 N–H and O–H groups in total. The summed E-state index contributed by atoms with van der Waals surface area (Å²) in [7, 11) is 0. The summed E-state index contributed by atoms with van der Waals surface area (Å²) in [6, 6.07) is 13.6. The molecule has 150 valence electrons. The lowest BCUT2D eigenvalue weighted by molar-refractivity contribution is 0.0859. The zero-order chi connectivity index (χ0) is 20.2. The summed E-state index contributed by atoms with van der Waals surface area (Å²) in [5.41, 5.74) is 2.37. The van der Waals surface area contributed by atoms with Crippen LogP contribution in [0.3, 0.4) is 0 Å². The number of benzene rings is 1. The number of nitrogens with zero attached hydrogens (tertiary/aromatic N) is 4. The number of aromatic nitrogens is 3. The Labute approximate surface area is 175 Å². The Morgan fingerprint density at radius 1 is 1.24 bits per heavy atom. The lowest BCUT2D eigenvalue weighted by atomic mass is 9.93. The fourth-order valence-corrected chi connectivity index (χ4v) is 3.99. The van der Waals surface area contributed by atoms with E-state index in [9.17, 15) is 4.79 Å². The first-order valence-corrected chi connectivity index (χ1v) is 10.2. The van der Waals surface area contributed by atoms with Gasteiger partial charge in [0.1, 0.15) is 0 Å². The van der Waals surface area contributed by atoms with Gasteiger partial charge >= 0.3 is 0 Å². The molecule has 0 spiro atoms. The maximum Gasteiger partial charge on any atom is 0.254 e. The van der Waals surface area contributed by atoms with Crippen LogP contribution < -0.4 is 5.32 Å². The van der Waals surface area contributed by atoms with Crippen LogP contribution in [0.25, 0.3) is 5.69 Å². The minimum Gasteiger partial charge on any atom is -0.349 e. The van der Waals surface area contributed by atoms with Crippen LogP contribution in [-0.2, 0) is 6.54 Å². The van der Waals surface area contributed by atoms with Gasteiger partial charge in [0, 0.05) is 38.1 Å². The maximum absolute atomic E-state index is 12.7. The van der Waals surface area contributed by atoms with Gasteiger partial charge in [0.25, 0.3) is 5.91 Å². The standard InChI is InChI=1S/C22H24ClN5O/c1-16-13-27(15-18-6-4-5-10-24-18)11-9-20(16)26-22(29)17-12-25-28(14-17)21-8-3-2-7-19(21)23/h2-8,10,12,14,16,20H,9,11,13,15H2,1H3,(H,26,29). The predicted molar refractivity (Wildman–Crippen MR) is 113 cm³/mol. The van der Waals surface area contributed by atoms with Crippen molar-refractivity contribution in [1.29, 1.82) is 0 Å². The average Bonchev–Trinajstić information content (AvgIpc) is 3.21. The quantitative estimate of drug-likeness (QED) is 0.699. The second kappa shape index (κ2) is 8.76. The number of piperidine rings is 1. The van der Waals surface area contributed by atoms with Crippen LogP contribution >= 0.6 is 11.6 Å². The van der Waals surface area contributed by atoms with Gasteiger partial charge in [-0.3, -0.25) is 14.7 Å². The van der Waals surface area contributed by atoms with Gasteiger partial charge < -0.3 is 5.32 Å². The van der Waals surface area contributed by atoms with E-state index in [1.165, 1.54) is 0 Å². The summed E-state index contributed by atoms with van der Waals surface area (Å²) < 4.78 is 1.64. The second-order valence-corrected chi connectivity index (χ2v) is 7.93. The molecule has 3 aromatic rings. The molecule has 1 saturated heterocycles. The number of pyridine rings is 1. The molecule has 2 atom stereocenters. The van der Waals surface area contributed by atoms with E-state index in [1.807, 2.05) is 36.5 Å². The molecule has 3 heterocycles. The molecule has 1 amide bonds. The molecule has 0 aliphatic carbocycles. The lowest BCUT2D eigenvalue weighted by Gasteiger charge is -2.37. The minimum atomic E-state index is -0.0988. The molecule has 1 aliphatic rings. The van der Waals surface area contributed by atoms with E-state index in [-0.39, 0.29) is 11.9 Å². The van der Waals surface area contributed by atoms with E-state index < -0.39 is 0 Å². The van der Waals surface area contributed by atoms with Crippen LogP contribution in [0.5, 0.6) is 0 Å². The van der Waals surface area contributed by atoms with E-state index in [0.717, 1.165) is 37.4 Å². The summed E-state index contributed by atoms with van der Waals surface area (Å²) in [6.07, 6.45) is 6.05. The summed E-state index contributed by atoms with van der Waals surface area (Å²) in [4.78, 5) is 19.5. The number of hydrogen-bond donors (Lipinski definition) is 1. The van der Waals surface area contributed by atoms with E-state index in [2.05, 4.69) is 33.3 Å². The Morgan fingerprint density at radius 3 is 2.83 bits per heavy atom. The Balaban J connectivity index is 1.35. The monoisotopic (exact) mass is 409 g/mol. The van der Waals surface area contributed by atoms with Crippen LogP contribution in [0, 0.1) is 5.92 Å². The van der Waals surface area contributed by atoms with Crippen molar-refractivity contribution in [2.75, 3.05) is 13.1 Å². The van der Waals surface area contributed by atoms with Crippen LogP contribution in [0.2, 0.25) is 5.02 Å². The molecular weight excluding hydrogens is 386 g/mol. The highest BCUT2D eigenvalue weighted by molar-refractivity contribution is 6.32. The molecule has 0 saturated carbocycles. The molecule has 1 aromatic carbocycles. The first-order valence-electron chi connectivity index (χ1n) is 9.83. The predicted octanol–water partition coefficient (Wildman–Crippen LogP) is 3.56. The van der Waals surface area contributed by atoms with E-state index >= 15 is 0 Å². The van der Waals surface area contributed by atoms with Gasteiger partial charge in [0.15, 0.2) is 0 Å². The number of hydrogen-bond acceptors (Lipinski definition) is 4. The molecule has 6 nitrogen and oxygen atoms in total. The number of para-hydroxylation sites is 1. The highest BCUT2D eigenvalue weighted by Crippen LogP contribution is 2.21. The second-order valence-electron chi connectivity index (χ2n) is 7.53. The smallest absolute Gasteiger partial charge is 0.254 e.